The molecule has 26 heavy (non-hydrogen) atoms. The maximum absolute atomic E-state index is 13.8. The fourth-order valence-electron chi connectivity index (χ4n) is 2.50. The second-order valence-corrected chi connectivity index (χ2v) is 5.56. The maximum Gasteiger partial charge on any atom is 0.330 e. The van der Waals surface area contributed by atoms with Crippen molar-refractivity contribution in [3.8, 4) is 0 Å². The van der Waals surface area contributed by atoms with Crippen LogP contribution in [0.25, 0.3) is 11.0 Å². The Morgan fingerprint density at radius 2 is 2.12 bits per heavy atom. The Labute approximate surface area is 144 Å². The van der Waals surface area contributed by atoms with Gasteiger partial charge in [0.2, 0.25) is 5.91 Å². The molecule has 0 unspecified atom stereocenters. The minimum absolute atomic E-state index is 0.0533. The lowest BCUT2D eigenvalue weighted by atomic mass is 10.1. The molecule has 0 aliphatic rings. The predicted molar refractivity (Wildman–Crippen MR) is 87.3 cm³/mol. The number of aromatic nitrogens is 4. The number of nitrogens with one attached hydrogen (secondary N) is 2. The molecule has 0 radical (unpaired) electrons. The van der Waals surface area contributed by atoms with E-state index in [1.807, 2.05) is 0 Å². The number of halogens is 2. The summed E-state index contributed by atoms with van der Waals surface area (Å²) in [6.07, 6.45) is 2.40. The summed E-state index contributed by atoms with van der Waals surface area (Å²) in [5, 5.41) is 2.52. The molecule has 3 rings (SSSR count). The topological polar surface area (TPSA) is 110 Å². The lowest BCUT2D eigenvalue weighted by molar-refractivity contribution is -0.122. The molecular formula is C16H13F2N5O3. The van der Waals surface area contributed by atoms with Gasteiger partial charge in [-0.05, 0) is 13.0 Å². The fourth-order valence-corrected chi connectivity index (χ4v) is 2.50. The SMILES string of the molecule is C[C@H](NC(=O)Cn1c(=O)[nH]c2ncncc2c1=O)c1ccc(F)cc1F. The largest absolute Gasteiger partial charge is 0.348 e. The lowest BCUT2D eigenvalue weighted by Crippen LogP contribution is -2.41. The molecule has 0 spiro atoms. The van der Waals surface area contributed by atoms with Gasteiger partial charge < -0.3 is 5.32 Å². The molecule has 134 valence electrons. The molecule has 1 aromatic carbocycles. The van der Waals surface area contributed by atoms with Crippen LogP contribution in [-0.2, 0) is 11.3 Å². The van der Waals surface area contributed by atoms with Crippen LogP contribution < -0.4 is 16.6 Å². The van der Waals surface area contributed by atoms with E-state index in [2.05, 4.69) is 20.3 Å². The van der Waals surface area contributed by atoms with Crippen molar-refractivity contribution in [1.82, 2.24) is 24.8 Å². The first-order valence-electron chi connectivity index (χ1n) is 7.54. The van der Waals surface area contributed by atoms with Gasteiger partial charge in [0, 0.05) is 17.8 Å². The summed E-state index contributed by atoms with van der Waals surface area (Å²) in [6, 6.07) is 2.19. The van der Waals surface area contributed by atoms with Gasteiger partial charge in [0.15, 0.2) is 0 Å². The van der Waals surface area contributed by atoms with Gasteiger partial charge in [0.25, 0.3) is 5.56 Å². The molecule has 10 heteroatoms. The number of aromatic amines is 1. The van der Waals surface area contributed by atoms with Gasteiger partial charge in [-0.1, -0.05) is 6.07 Å². The van der Waals surface area contributed by atoms with Gasteiger partial charge >= 0.3 is 5.69 Å². The van der Waals surface area contributed by atoms with E-state index < -0.39 is 41.4 Å². The minimum Gasteiger partial charge on any atom is -0.348 e. The second-order valence-electron chi connectivity index (χ2n) is 5.56. The summed E-state index contributed by atoms with van der Waals surface area (Å²) in [4.78, 5) is 46.3. The molecule has 3 aromatic rings. The van der Waals surface area contributed by atoms with Crippen molar-refractivity contribution < 1.29 is 13.6 Å². The van der Waals surface area contributed by atoms with Crippen molar-refractivity contribution in [2.24, 2.45) is 0 Å². The Morgan fingerprint density at radius 3 is 2.85 bits per heavy atom. The highest BCUT2D eigenvalue weighted by Crippen LogP contribution is 2.17. The molecule has 2 aromatic heterocycles. The molecule has 0 aliphatic carbocycles. The number of carbonyl (C=O) groups excluding carboxylic acids is 1. The van der Waals surface area contributed by atoms with Gasteiger partial charge in [-0.15, -0.1) is 0 Å². The molecule has 2 N–H and O–H groups in total. The third kappa shape index (κ3) is 3.34. The number of hydrogen-bond donors (Lipinski definition) is 2. The number of amides is 1. The Hall–Kier alpha value is -3.43. The molecule has 0 aliphatic heterocycles. The average Bonchev–Trinajstić information content (AvgIpc) is 2.58. The van der Waals surface area contributed by atoms with Crippen LogP contribution in [0.2, 0.25) is 0 Å². The number of carbonyl (C=O) groups is 1. The van der Waals surface area contributed by atoms with Crippen LogP contribution in [0.1, 0.15) is 18.5 Å². The number of nitrogens with zero attached hydrogens (tertiary/aromatic N) is 3. The van der Waals surface area contributed by atoms with E-state index in [4.69, 9.17) is 0 Å². The molecule has 0 saturated carbocycles. The van der Waals surface area contributed by atoms with Crippen molar-refractivity contribution in [3.05, 3.63) is 68.8 Å². The molecule has 2 heterocycles. The van der Waals surface area contributed by atoms with E-state index >= 15 is 0 Å². The Balaban J connectivity index is 1.83. The Bertz CT molecular complexity index is 1110. The van der Waals surface area contributed by atoms with Crippen LogP contribution in [0, 0.1) is 11.6 Å². The zero-order chi connectivity index (χ0) is 18.8. The van der Waals surface area contributed by atoms with Crippen molar-refractivity contribution >= 4 is 16.9 Å². The molecule has 1 atom stereocenters. The van der Waals surface area contributed by atoms with Gasteiger partial charge in [-0.2, -0.15) is 0 Å². The zero-order valence-corrected chi connectivity index (χ0v) is 13.5. The van der Waals surface area contributed by atoms with Crippen molar-refractivity contribution in [3.63, 3.8) is 0 Å². The number of H-pyrrole nitrogens is 1. The average molecular weight is 361 g/mol. The van der Waals surface area contributed by atoms with E-state index in [1.165, 1.54) is 25.5 Å². The van der Waals surface area contributed by atoms with Crippen LogP contribution >= 0.6 is 0 Å². The summed E-state index contributed by atoms with van der Waals surface area (Å²) in [7, 11) is 0. The fraction of sp³-hybridized carbons (Fsp3) is 0.188. The number of rotatable bonds is 4. The first-order valence-corrected chi connectivity index (χ1v) is 7.54. The highest BCUT2D eigenvalue weighted by Gasteiger charge is 2.17. The number of hydrogen-bond acceptors (Lipinski definition) is 5. The normalized spacial score (nSPS) is 12.1. The summed E-state index contributed by atoms with van der Waals surface area (Å²) in [5.74, 6) is -2.23. The van der Waals surface area contributed by atoms with E-state index in [9.17, 15) is 23.2 Å². The highest BCUT2D eigenvalue weighted by molar-refractivity contribution is 5.77. The standard InChI is InChI=1S/C16H13F2N5O3/c1-8(10-3-2-9(17)4-12(10)18)21-13(24)6-23-15(25)11-5-19-7-20-14(11)22-16(23)26/h2-5,7-8H,6H2,1H3,(H,21,24)(H,19,20,22,26)/t8-/m0/s1. The van der Waals surface area contributed by atoms with E-state index in [1.54, 1.807) is 0 Å². The Kier molecular flexibility index (Phi) is 4.57. The summed E-state index contributed by atoms with van der Waals surface area (Å²) in [5.41, 5.74) is -1.39. The van der Waals surface area contributed by atoms with Crippen molar-refractivity contribution in [2.75, 3.05) is 0 Å². The Morgan fingerprint density at radius 1 is 1.35 bits per heavy atom. The molecule has 0 fully saturated rings. The van der Waals surface area contributed by atoms with Crippen molar-refractivity contribution in [2.45, 2.75) is 19.5 Å². The van der Waals surface area contributed by atoms with E-state index in [0.29, 0.717) is 10.6 Å². The highest BCUT2D eigenvalue weighted by atomic mass is 19.1. The monoisotopic (exact) mass is 361 g/mol. The van der Waals surface area contributed by atoms with Crippen LogP contribution in [0.15, 0.2) is 40.3 Å². The second kappa shape index (κ2) is 6.82. The van der Waals surface area contributed by atoms with E-state index in [-0.39, 0.29) is 16.6 Å². The molecule has 1 amide bonds. The molecule has 0 saturated heterocycles. The third-order valence-corrected chi connectivity index (χ3v) is 3.77. The van der Waals surface area contributed by atoms with Gasteiger partial charge in [0.05, 0.1) is 6.04 Å². The molecule has 8 nitrogen and oxygen atoms in total. The van der Waals surface area contributed by atoms with Crippen LogP contribution in [0.3, 0.4) is 0 Å². The first-order chi connectivity index (χ1) is 12.4. The summed E-state index contributed by atoms with van der Waals surface area (Å²) >= 11 is 0. The molecular weight excluding hydrogens is 348 g/mol. The van der Waals surface area contributed by atoms with Crippen LogP contribution in [0.5, 0.6) is 0 Å². The third-order valence-electron chi connectivity index (χ3n) is 3.77. The first kappa shape index (κ1) is 17.4. The van der Waals surface area contributed by atoms with Gasteiger partial charge in [0.1, 0.15) is 35.5 Å². The summed E-state index contributed by atoms with van der Waals surface area (Å²) < 4.78 is 27.4. The molecule has 0 bridgehead atoms. The quantitative estimate of drug-likeness (QED) is 0.709. The maximum atomic E-state index is 13.8. The smallest absolute Gasteiger partial charge is 0.330 e. The minimum atomic E-state index is -0.810. The van der Waals surface area contributed by atoms with Gasteiger partial charge in [-0.3, -0.25) is 19.1 Å². The van der Waals surface area contributed by atoms with E-state index in [0.717, 1.165) is 6.07 Å². The van der Waals surface area contributed by atoms with Crippen LogP contribution in [-0.4, -0.2) is 25.4 Å². The number of fused-ring (bicyclic) bond motifs is 1. The predicted octanol–water partition coefficient (Wildman–Crippen LogP) is 0.635. The lowest BCUT2D eigenvalue weighted by Gasteiger charge is -2.15. The van der Waals surface area contributed by atoms with Crippen molar-refractivity contribution in [1.29, 1.82) is 0 Å². The number of benzene rings is 1. The summed E-state index contributed by atoms with van der Waals surface area (Å²) in [6.45, 7) is 0.918. The zero-order valence-electron chi connectivity index (χ0n) is 13.5. The van der Waals surface area contributed by atoms with Crippen LogP contribution in [0.4, 0.5) is 8.78 Å². The van der Waals surface area contributed by atoms with Gasteiger partial charge in [-0.25, -0.2) is 23.5 Å².